The Labute approximate surface area is 455 Å². The summed E-state index contributed by atoms with van der Waals surface area (Å²) in [5.41, 5.74) is -2.89. The number of carbonyl (C=O) groups excluding carboxylic acids is 4. The number of nitriles is 2. The third-order valence-electron chi connectivity index (χ3n) is 12.9. The number of rotatable bonds is 13. The lowest BCUT2D eigenvalue weighted by Gasteiger charge is -2.33. The number of nitrogens with one attached hydrogen (secondary N) is 2. The first-order valence-electron chi connectivity index (χ1n) is 24.9. The van der Waals surface area contributed by atoms with Gasteiger partial charge in [-0.15, -0.1) is 0 Å². The van der Waals surface area contributed by atoms with Gasteiger partial charge in [0.05, 0.1) is 80.4 Å². The SMILES string of the molecule is CC(C)(C)OC(=O)N(CCN(CCn1cc2c(c1O)[C@@H](c1ccc(C#N)cc1)NC(=O)N2c1cccc(C(F)(F)F)c1)C(=O)OC(C)(C)C)CCn1cc2c(c1O)[C@@H](c1ccc(C#N)cc1)NC(=O)N2c1cccc(C(F)(F)F)c1. The zero-order chi connectivity index (χ0) is 58.2. The molecule has 2 aromatic heterocycles. The first-order valence-corrected chi connectivity index (χ1v) is 24.9. The summed E-state index contributed by atoms with van der Waals surface area (Å²) in [6, 6.07) is 20.5. The van der Waals surface area contributed by atoms with E-state index in [4.69, 9.17) is 9.47 Å². The Morgan fingerprint density at radius 3 is 1.24 bits per heavy atom. The molecule has 6 amide bonds. The van der Waals surface area contributed by atoms with Gasteiger partial charge in [0.15, 0.2) is 11.8 Å². The molecule has 4 heterocycles. The number of urea groups is 2. The van der Waals surface area contributed by atoms with Gasteiger partial charge in [-0.05, 0) is 113 Å². The second-order valence-electron chi connectivity index (χ2n) is 20.8. The van der Waals surface area contributed by atoms with E-state index in [1.165, 1.54) is 67.7 Å². The Morgan fingerprint density at radius 1 is 0.575 bits per heavy atom. The lowest BCUT2D eigenvalue weighted by Crippen LogP contribution is -2.46. The molecule has 418 valence electrons. The van der Waals surface area contributed by atoms with Gasteiger partial charge >= 0.3 is 36.6 Å². The zero-order valence-corrected chi connectivity index (χ0v) is 44.0. The Kier molecular flexibility index (Phi) is 15.5. The van der Waals surface area contributed by atoms with Crippen LogP contribution in [0.15, 0.2) is 109 Å². The Hall–Kier alpha value is -9.32. The smallest absolute Gasteiger partial charge is 0.416 e. The van der Waals surface area contributed by atoms with Crippen LogP contribution in [-0.4, -0.2) is 90.8 Å². The first-order chi connectivity index (χ1) is 37.5. The van der Waals surface area contributed by atoms with E-state index in [0.29, 0.717) is 22.3 Å². The predicted octanol–water partition coefficient (Wildman–Crippen LogP) is 11.6. The molecule has 2 aliphatic rings. The van der Waals surface area contributed by atoms with Crippen LogP contribution in [0.1, 0.15) is 98.1 Å². The fourth-order valence-corrected chi connectivity index (χ4v) is 9.18. The Bertz CT molecular complexity index is 3200. The summed E-state index contributed by atoms with van der Waals surface area (Å²) in [6.45, 7) is 8.36. The van der Waals surface area contributed by atoms with Crippen LogP contribution in [0, 0.1) is 22.7 Å². The van der Waals surface area contributed by atoms with E-state index in [-0.39, 0.29) is 73.1 Å². The van der Waals surface area contributed by atoms with E-state index in [9.17, 15) is 66.3 Å². The lowest BCUT2D eigenvalue weighted by molar-refractivity contribution is -0.138. The normalized spacial score (nSPS) is 15.4. The lowest BCUT2D eigenvalue weighted by atomic mass is 9.96. The maximum absolute atomic E-state index is 14.1. The van der Waals surface area contributed by atoms with Crippen molar-refractivity contribution >= 4 is 47.0 Å². The third-order valence-corrected chi connectivity index (χ3v) is 12.9. The molecule has 0 fully saturated rings. The molecule has 0 spiro atoms. The van der Waals surface area contributed by atoms with Gasteiger partial charge in [-0.1, -0.05) is 36.4 Å². The minimum Gasteiger partial charge on any atom is -0.494 e. The summed E-state index contributed by atoms with van der Waals surface area (Å²) >= 11 is 0. The molecule has 4 aromatic carbocycles. The van der Waals surface area contributed by atoms with Crippen LogP contribution < -0.4 is 20.4 Å². The average molecular weight is 1110 g/mol. The van der Waals surface area contributed by atoms with E-state index in [0.717, 1.165) is 46.2 Å². The number of hydrogen-bond acceptors (Lipinski definition) is 10. The molecule has 0 bridgehead atoms. The number of anilines is 4. The van der Waals surface area contributed by atoms with E-state index >= 15 is 0 Å². The second kappa shape index (κ2) is 21.8. The highest BCUT2D eigenvalue weighted by molar-refractivity contribution is 6.04. The summed E-state index contributed by atoms with van der Waals surface area (Å²) in [7, 11) is 0. The van der Waals surface area contributed by atoms with Crippen LogP contribution in [0.3, 0.4) is 0 Å². The number of fused-ring (bicyclic) bond motifs is 2. The average Bonchev–Trinajstić information content (AvgIpc) is 4.01. The number of hydrogen-bond donors (Lipinski definition) is 4. The summed E-state index contributed by atoms with van der Waals surface area (Å²) in [5, 5.41) is 48.5. The number of aromatic nitrogens is 2. The van der Waals surface area contributed by atoms with E-state index in [2.05, 4.69) is 10.6 Å². The summed E-state index contributed by atoms with van der Waals surface area (Å²) in [5.74, 6) is -0.852. The highest BCUT2D eigenvalue weighted by Gasteiger charge is 2.41. The summed E-state index contributed by atoms with van der Waals surface area (Å²) in [4.78, 5) is 60.5. The summed E-state index contributed by atoms with van der Waals surface area (Å²) < 4.78 is 98.0. The molecule has 18 nitrogen and oxygen atoms in total. The minimum atomic E-state index is -4.77. The van der Waals surface area contributed by atoms with E-state index < -0.39 is 82.8 Å². The van der Waals surface area contributed by atoms with Crippen molar-refractivity contribution in [3.05, 3.63) is 154 Å². The van der Waals surface area contributed by atoms with Gasteiger partial charge in [0.1, 0.15) is 11.2 Å². The monoisotopic (exact) mass is 1110 g/mol. The molecule has 24 heteroatoms. The van der Waals surface area contributed by atoms with Gasteiger partial charge < -0.3 is 49.3 Å². The highest BCUT2D eigenvalue weighted by atomic mass is 19.4. The zero-order valence-electron chi connectivity index (χ0n) is 44.0. The molecule has 2 aliphatic heterocycles. The molecule has 2 atom stereocenters. The van der Waals surface area contributed by atoms with Gasteiger partial charge in [0.25, 0.3) is 0 Å². The maximum atomic E-state index is 14.1. The molecule has 0 unspecified atom stereocenters. The minimum absolute atomic E-state index is 0.0103. The number of nitrogens with zero attached hydrogens (tertiary/aromatic N) is 8. The van der Waals surface area contributed by atoms with E-state index in [1.54, 1.807) is 65.8 Å². The van der Waals surface area contributed by atoms with Crippen LogP contribution >= 0.6 is 0 Å². The quantitative estimate of drug-likeness (QED) is 0.0801. The highest BCUT2D eigenvalue weighted by Crippen LogP contribution is 2.48. The van der Waals surface area contributed by atoms with Crippen LogP contribution in [0.4, 0.5) is 68.3 Å². The first kappa shape index (κ1) is 56.9. The molecule has 0 saturated heterocycles. The number of benzene rings is 4. The van der Waals surface area contributed by atoms with Crippen LogP contribution in [-0.2, 0) is 34.9 Å². The molecule has 80 heavy (non-hydrogen) atoms. The third kappa shape index (κ3) is 12.3. The standard InChI is InChI=1S/C56H54F6N10O8/c1-53(2,3)79-51(77)67(23-25-69-31-41-43(47(69)73)45(35-17-13-33(29-63)14-18-35)65-49(75)71(41)39-11-7-9-37(27-39)55(57,58)59)21-22-68(52(78)80-54(4,5)6)24-26-70-32-42-44(48(70)74)46(36-19-15-34(30-64)16-20-36)66-50(76)72(42)40-12-8-10-38(28-40)56(60,61)62/h7-20,27-28,31-32,45-46,73-74H,21-26H2,1-6H3,(H,65,75)(H,66,76)/t45-,46-/m1/s1. The number of alkyl halides is 6. The number of halogens is 6. The maximum Gasteiger partial charge on any atom is 0.416 e. The molecule has 6 aromatic rings. The summed E-state index contributed by atoms with van der Waals surface area (Å²) in [6.07, 6.45) is -8.54. The predicted molar refractivity (Wildman–Crippen MR) is 278 cm³/mol. The van der Waals surface area contributed by atoms with Crippen LogP contribution in [0.5, 0.6) is 11.8 Å². The number of carbonyl (C=O) groups is 4. The topological polar surface area (TPSA) is 222 Å². The number of amides is 6. The molecule has 0 radical (unpaired) electrons. The van der Waals surface area contributed by atoms with Gasteiger partial charge in [0, 0.05) is 51.7 Å². The Balaban J connectivity index is 1.12. The van der Waals surface area contributed by atoms with Gasteiger partial charge in [-0.2, -0.15) is 36.9 Å². The van der Waals surface area contributed by atoms with Crippen molar-refractivity contribution in [3.63, 3.8) is 0 Å². The van der Waals surface area contributed by atoms with Crippen molar-refractivity contribution in [2.45, 2.75) is 90.3 Å². The van der Waals surface area contributed by atoms with Gasteiger partial charge in [-0.25, -0.2) is 19.2 Å². The second-order valence-corrected chi connectivity index (χ2v) is 20.8. The van der Waals surface area contributed by atoms with E-state index in [1.807, 2.05) is 12.1 Å². The fourth-order valence-electron chi connectivity index (χ4n) is 9.18. The van der Waals surface area contributed by atoms with Crippen molar-refractivity contribution in [1.82, 2.24) is 29.6 Å². The van der Waals surface area contributed by atoms with Gasteiger partial charge in [0.2, 0.25) is 0 Å². The number of ether oxygens (including phenoxy) is 2. The molecular formula is C56H54F6N10O8. The molecule has 0 aliphatic carbocycles. The van der Waals surface area contributed by atoms with Crippen LogP contribution in [0.2, 0.25) is 0 Å². The van der Waals surface area contributed by atoms with Crippen LogP contribution in [0.25, 0.3) is 0 Å². The molecular weight excluding hydrogens is 1050 g/mol. The van der Waals surface area contributed by atoms with Crippen molar-refractivity contribution in [1.29, 1.82) is 10.5 Å². The molecule has 0 saturated carbocycles. The van der Waals surface area contributed by atoms with Crippen molar-refractivity contribution in [2.75, 3.05) is 36.0 Å². The Morgan fingerprint density at radius 2 is 0.925 bits per heavy atom. The van der Waals surface area contributed by atoms with Crippen molar-refractivity contribution in [2.24, 2.45) is 0 Å². The molecule has 8 rings (SSSR count). The van der Waals surface area contributed by atoms with Crippen molar-refractivity contribution in [3.8, 4) is 23.9 Å². The number of aromatic hydroxyl groups is 2. The molecule has 4 N–H and O–H groups in total. The fraction of sp³-hybridized carbons (Fsp3) is 0.321. The van der Waals surface area contributed by atoms with Crippen molar-refractivity contribution < 1.29 is 65.2 Å². The largest absolute Gasteiger partial charge is 0.494 e. The van der Waals surface area contributed by atoms with Gasteiger partial charge in [-0.3, -0.25) is 9.80 Å².